The van der Waals surface area contributed by atoms with Crippen LogP contribution in [0, 0.1) is 6.92 Å². The molecule has 3 N–H and O–H groups in total. The van der Waals surface area contributed by atoms with Crippen molar-refractivity contribution in [3.05, 3.63) is 29.8 Å². The van der Waals surface area contributed by atoms with Crippen molar-refractivity contribution in [3.63, 3.8) is 0 Å². The Balaban J connectivity index is 1.53. The molecule has 0 saturated carbocycles. The molecular weight excluding hydrogens is 292 g/mol. The zero-order valence-corrected chi connectivity index (χ0v) is 14.0. The second kappa shape index (κ2) is 10.1. The van der Waals surface area contributed by atoms with Crippen molar-refractivity contribution < 1.29 is 9.47 Å². The maximum Gasteiger partial charge on any atom is 0.188 e. The van der Waals surface area contributed by atoms with Gasteiger partial charge in [0, 0.05) is 26.2 Å². The van der Waals surface area contributed by atoms with Gasteiger partial charge in [0.1, 0.15) is 12.4 Å². The van der Waals surface area contributed by atoms with Crippen LogP contribution in [0.5, 0.6) is 5.75 Å². The third-order valence-electron chi connectivity index (χ3n) is 3.78. The van der Waals surface area contributed by atoms with Crippen LogP contribution in [0.25, 0.3) is 0 Å². The van der Waals surface area contributed by atoms with Crippen LogP contribution in [0.15, 0.2) is 29.3 Å². The first kappa shape index (κ1) is 17.6. The first-order valence-corrected chi connectivity index (χ1v) is 8.28. The van der Waals surface area contributed by atoms with Gasteiger partial charge >= 0.3 is 0 Å². The second-order valence-electron chi connectivity index (χ2n) is 5.62. The number of hydrogen-bond donors (Lipinski definition) is 2. The lowest BCUT2D eigenvalue weighted by atomic mass is 10.2. The lowest BCUT2D eigenvalue weighted by molar-refractivity contribution is 0.0377. The number of aliphatic imine (C=N–C) groups is 1. The summed E-state index contributed by atoms with van der Waals surface area (Å²) in [5.74, 6) is 1.40. The Hall–Kier alpha value is -1.79. The van der Waals surface area contributed by atoms with Crippen LogP contribution in [0.1, 0.15) is 12.0 Å². The standard InChI is InChI=1S/C17H28N4O2/c1-15-5-2-3-6-16(15)23-12-8-20-17(18)19-7-4-9-21-10-13-22-14-11-21/h2-3,5-6H,4,7-14H2,1H3,(H3,18,19,20). The molecule has 0 aliphatic carbocycles. The fraction of sp³-hybridized carbons (Fsp3) is 0.588. The molecule has 2 rings (SSSR count). The highest BCUT2D eigenvalue weighted by molar-refractivity contribution is 5.77. The fourth-order valence-corrected chi connectivity index (χ4v) is 2.43. The van der Waals surface area contributed by atoms with E-state index in [4.69, 9.17) is 15.2 Å². The Morgan fingerprint density at radius 1 is 1.35 bits per heavy atom. The summed E-state index contributed by atoms with van der Waals surface area (Å²) in [7, 11) is 0. The predicted molar refractivity (Wildman–Crippen MR) is 93.0 cm³/mol. The van der Waals surface area contributed by atoms with Gasteiger partial charge in [0.2, 0.25) is 0 Å². The van der Waals surface area contributed by atoms with Gasteiger partial charge in [0.05, 0.1) is 19.8 Å². The molecule has 0 amide bonds. The number of guanidine groups is 1. The van der Waals surface area contributed by atoms with Crippen LogP contribution in [-0.2, 0) is 4.74 Å². The van der Waals surface area contributed by atoms with E-state index in [0.29, 0.717) is 19.1 Å². The van der Waals surface area contributed by atoms with Crippen LogP contribution in [0.4, 0.5) is 0 Å². The van der Waals surface area contributed by atoms with Crippen molar-refractivity contribution in [2.45, 2.75) is 13.3 Å². The first-order chi connectivity index (χ1) is 11.3. The first-order valence-electron chi connectivity index (χ1n) is 8.28. The molecule has 6 heteroatoms. The van der Waals surface area contributed by atoms with Crippen LogP contribution >= 0.6 is 0 Å². The van der Waals surface area contributed by atoms with Crippen molar-refractivity contribution in [1.82, 2.24) is 10.2 Å². The van der Waals surface area contributed by atoms with Gasteiger partial charge in [0.15, 0.2) is 5.96 Å². The molecule has 6 nitrogen and oxygen atoms in total. The number of morpholine rings is 1. The molecular formula is C17H28N4O2. The minimum absolute atomic E-state index is 0.486. The van der Waals surface area contributed by atoms with Crippen molar-refractivity contribution in [2.75, 3.05) is 52.5 Å². The molecule has 0 bridgehead atoms. The topological polar surface area (TPSA) is 72.1 Å². The second-order valence-corrected chi connectivity index (χ2v) is 5.62. The van der Waals surface area contributed by atoms with Gasteiger partial charge in [0.25, 0.3) is 0 Å². The smallest absolute Gasteiger partial charge is 0.188 e. The number of hydrogen-bond acceptors (Lipinski definition) is 4. The van der Waals surface area contributed by atoms with E-state index in [2.05, 4.69) is 15.2 Å². The van der Waals surface area contributed by atoms with Crippen LogP contribution < -0.4 is 15.8 Å². The molecule has 0 aromatic heterocycles. The number of nitrogens with one attached hydrogen (secondary N) is 1. The maximum absolute atomic E-state index is 5.85. The van der Waals surface area contributed by atoms with Gasteiger partial charge in [-0.25, -0.2) is 0 Å². The van der Waals surface area contributed by atoms with E-state index in [0.717, 1.165) is 57.1 Å². The van der Waals surface area contributed by atoms with Crippen molar-refractivity contribution in [3.8, 4) is 5.75 Å². The zero-order chi connectivity index (χ0) is 16.3. The fourth-order valence-electron chi connectivity index (χ4n) is 2.43. The average Bonchev–Trinajstić information content (AvgIpc) is 2.58. The number of nitrogens with zero attached hydrogens (tertiary/aromatic N) is 2. The van der Waals surface area contributed by atoms with Gasteiger partial charge in [-0.3, -0.25) is 9.89 Å². The monoisotopic (exact) mass is 320 g/mol. The lowest BCUT2D eigenvalue weighted by Gasteiger charge is -2.26. The summed E-state index contributed by atoms with van der Waals surface area (Å²) in [5.41, 5.74) is 6.99. The van der Waals surface area contributed by atoms with Crippen LogP contribution in [0.3, 0.4) is 0 Å². The summed E-state index contributed by atoms with van der Waals surface area (Å²) < 4.78 is 11.0. The number of nitrogens with two attached hydrogens (primary N) is 1. The summed E-state index contributed by atoms with van der Waals surface area (Å²) in [4.78, 5) is 6.74. The molecule has 0 radical (unpaired) electrons. The van der Waals surface area contributed by atoms with E-state index >= 15 is 0 Å². The van der Waals surface area contributed by atoms with Crippen molar-refractivity contribution >= 4 is 5.96 Å². The van der Waals surface area contributed by atoms with Gasteiger partial charge < -0.3 is 20.5 Å². The molecule has 0 unspecified atom stereocenters. The molecule has 1 aliphatic heterocycles. The zero-order valence-electron chi connectivity index (χ0n) is 14.0. The van der Waals surface area contributed by atoms with Gasteiger partial charge in [-0.2, -0.15) is 0 Å². The molecule has 0 spiro atoms. The predicted octanol–water partition coefficient (Wildman–Crippen LogP) is 1.00. The molecule has 1 heterocycles. The molecule has 1 saturated heterocycles. The molecule has 1 aliphatic rings. The Morgan fingerprint density at radius 3 is 2.91 bits per heavy atom. The van der Waals surface area contributed by atoms with Crippen molar-refractivity contribution in [1.29, 1.82) is 0 Å². The largest absolute Gasteiger partial charge is 0.491 e. The normalized spacial score (nSPS) is 16.3. The van der Waals surface area contributed by atoms with Gasteiger partial charge in [-0.05, 0) is 25.0 Å². The number of ether oxygens (including phenoxy) is 2. The Labute approximate surface area is 138 Å². The third kappa shape index (κ3) is 6.88. The van der Waals surface area contributed by atoms with E-state index in [9.17, 15) is 0 Å². The van der Waals surface area contributed by atoms with Crippen molar-refractivity contribution in [2.24, 2.45) is 10.7 Å². The van der Waals surface area contributed by atoms with E-state index in [1.165, 1.54) is 0 Å². The SMILES string of the molecule is Cc1ccccc1OCCNC(N)=NCCCN1CCOCC1. The van der Waals surface area contributed by atoms with E-state index in [-0.39, 0.29) is 0 Å². The number of rotatable bonds is 8. The number of aryl methyl sites for hydroxylation is 1. The third-order valence-corrected chi connectivity index (χ3v) is 3.78. The van der Waals surface area contributed by atoms with Gasteiger partial charge in [-0.1, -0.05) is 18.2 Å². The average molecular weight is 320 g/mol. The molecule has 1 aromatic carbocycles. The molecule has 1 aromatic rings. The summed E-state index contributed by atoms with van der Waals surface area (Å²) in [6.45, 7) is 8.77. The highest BCUT2D eigenvalue weighted by Crippen LogP contribution is 2.15. The highest BCUT2D eigenvalue weighted by Gasteiger charge is 2.08. The van der Waals surface area contributed by atoms with Crippen LogP contribution in [0.2, 0.25) is 0 Å². The van der Waals surface area contributed by atoms with E-state index in [1.807, 2.05) is 31.2 Å². The maximum atomic E-state index is 5.85. The lowest BCUT2D eigenvalue weighted by Crippen LogP contribution is -2.37. The molecule has 0 atom stereocenters. The summed E-state index contributed by atoms with van der Waals surface area (Å²) in [6, 6.07) is 7.98. The Kier molecular flexibility index (Phi) is 7.69. The molecule has 128 valence electrons. The highest BCUT2D eigenvalue weighted by atomic mass is 16.5. The Morgan fingerprint density at radius 2 is 2.13 bits per heavy atom. The minimum Gasteiger partial charge on any atom is -0.491 e. The summed E-state index contributed by atoms with van der Waals surface area (Å²) >= 11 is 0. The molecule has 23 heavy (non-hydrogen) atoms. The number of para-hydroxylation sites is 1. The molecule has 1 fully saturated rings. The van der Waals surface area contributed by atoms with E-state index in [1.54, 1.807) is 0 Å². The number of benzene rings is 1. The minimum atomic E-state index is 0.486. The van der Waals surface area contributed by atoms with Gasteiger partial charge in [-0.15, -0.1) is 0 Å². The summed E-state index contributed by atoms with van der Waals surface area (Å²) in [6.07, 6.45) is 1.02. The quantitative estimate of drug-likeness (QED) is 0.425. The Bertz CT molecular complexity index is 487. The summed E-state index contributed by atoms with van der Waals surface area (Å²) in [5, 5.41) is 3.08. The van der Waals surface area contributed by atoms with E-state index < -0.39 is 0 Å². The van der Waals surface area contributed by atoms with Crippen LogP contribution in [-0.4, -0.2) is 63.4 Å².